The zero-order valence-electron chi connectivity index (χ0n) is 13.8. The number of nitrogens with zero attached hydrogens (tertiary/aromatic N) is 1. The SMILES string of the molecule is C1CCNC1.CCOC(=O)CCN.CN1CCCNCC1. The maximum Gasteiger partial charge on any atom is 0.307 e. The standard InChI is InChI=1S/C6H14N2.C5H11NO2.C4H9N/c1-8-5-2-3-7-4-6-8;1-2-8-5(7)3-4-6;1-2-4-5-3-1/h7H,2-6H2,1H3;2-4,6H2,1H3;5H,1-4H2. The molecule has 2 fully saturated rings. The molecule has 0 saturated carbocycles. The third-order valence-electron chi connectivity index (χ3n) is 3.17. The van der Waals surface area contributed by atoms with Gasteiger partial charge in [0.25, 0.3) is 0 Å². The summed E-state index contributed by atoms with van der Waals surface area (Å²) < 4.78 is 4.56. The maximum absolute atomic E-state index is 10.3. The molecular weight excluding hydrogens is 268 g/mol. The normalized spacial score (nSPS) is 18.6. The van der Waals surface area contributed by atoms with E-state index in [9.17, 15) is 4.79 Å². The van der Waals surface area contributed by atoms with Crippen molar-refractivity contribution in [1.29, 1.82) is 0 Å². The number of rotatable bonds is 3. The lowest BCUT2D eigenvalue weighted by Crippen LogP contribution is -2.23. The van der Waals surface area contributed by atoms with E-state index in [1.54, 1.807) is 6.92 Å². The number of ether oxygens (including phenoxy) is 1. The molecule has 0 aromatic carbocycles. The van der Waals surface area contributed by atoms with Crippen LogP contribution >= 0.6 is 0 Å². The van der Waals surface area contributed by atoms with Crippen LogP contribution in [0.3, 0.4) is 0 Å². The van der Waals surface area contributed by atoms with E-state index in [4.69, 9.17) is 5.73 Å². The summed E-state index contributed by atoms with van der Waals surface area (Å²) in [4.78, 5) is 12.7. The van der Waals surface area contributed by atoms with Gasteiger partial charge in [-0.05, 0) is 59.4 Å². The third-order valence-corrected chi connectivity index (χ3v) is 3.17. The van der Waals surface area contributed by atoms with Crippen molar-refractivity contribution in [2.24, 2.45) is 5.73 Å². The second-order valence-electron chi connectivity index (χ2n) is 5.21. The van der Waals surface area contributed by atoms with Crippen LogP contribution in [-0.2, 0) is 9.53 Å². The first-order valence-corrected chi connectivity index (χ1v) is 8.16. The van der Waals surface area contributed by atoms with Crippen LogP contribution < -0.4 is 16.4 Å². The molecule has 0 aromatic heterocycles. The summed E-state index contributed by atoms with van der Waals surface area (Å²) in [6, 6.07) is 0. The quantitative estimate of drug-likeness (QED) is 0.646. The van der Waals surface area contributed by atoms with Crippen molar-refractivity contribution in [3.05, 3.63) is 0 Å². The van der Waals surface area contributed by atoms with Crippen molar-refractivity contribution in [3.8, 4) is 0 Å². The van der Waals surface area contributed by atoms with Crippen molar-refractivity contribution in [2.45, 2.75) is 32.6 Å². The Hall–Kier alpha value is -0.690. The van der Waals surface area contributed by atoms with Crippen molar-refractivity contribution < 1.29 is 9.53 Å². The number of hydrogen-bond donors (Lipinski definition) is 3. The Balaban J connectivity index is 0.000000293. The lowest BCUT2D eigenvalue weighted by atomic mass is 10.4. The molecular formula is C15H34N4O2. The van der Waals surface area contributed by atoms with Gasteiger partial charge in [0.1, 0.15) is 0 Å². The maximum atomic E-state index is 10.3. The van der Waals surface area contributed by atoms with E-state index in [1.165, 1.54) is 52.0 Å². The molecule has 0 bridgehead atoms. The Morgan fingerprint density at radius 1 is 1.10 bits per heavy atom. The van der Waals surface area contributed by atoms with Gasteiger partial charge in [0.2, 0.25) is 0 Å². The lowest BCUT2D eigenvalue weighted by molar-refractivity contribution is -0.142. The predicted molar refractivity (Wildman–Crippen MR) is 87.4 cm³/mol. The van der Waals surface area contributed by atoms with E-state index in [2.05, 4.69) is 27.3 Å². The summed E-state index contributed by atoms with van der Waals surface area (Å²) in [7, 11) is 2.17. The van der Waals surface area contributed by atoms with E-state index in [-0.39, 0.29) is 5.97 Å². The minimum absolute atomic E-state index is 0.213. The van der Waals surface area contributed by atoms with Gasteiger partial charge < -0.3 is 26.0 Å². The highest BCUT2D eigenvalue weighted by Crippen LogP contribution is 1.90. The fourth-order valence-electron chi connectivity index (χ4n) is 1.96. The van der Waals surface area contributed by atoms with Crippen molar-refractivity contribution in [3.63, 3.8) is 0 Å². The van der Waals surface area contributed by atoms with Gasteiger partial charge in [-0.2, -0.15) is 0 Å². The molecule has 2 rings (SSSR count). The van der Waals surface area contributed by atoms with Gasteiger partial charge in [-0.3, -0.25) is 4.79 Å². The minimum atomic E-state index is -0.213. The smallest absolute Gasteiger partial charge is 0.307 e. The molecule has 6 nitrogen and oxygen atoms in total. The van der Waals surface area contributed by atoms with Gasteiger partial charge in [0.15, 0.2) is 0 Å². The van der Waals surface area contributed by atoms with Crippen LogP contribution in [0, 0.1) is 0 Å². The summed E-state index contributed by atoms with van der Waals surface area (Å²) in [6.45, 7) is 9.92. The zero-order chi connectivity index (χ0) is 15.8. The largest absolute Gasteiger partial charge is 0.466 e. The van der Waals surface area contributed by atoms with Gasteiger partial charge in [-0.15, -0.1) is 0 Å². The monoisotopic (exact) mass is 302 g/mol. The van der Waals surface area contributed by atoms with Crippen LogP contribution in [0.2, 0.25) is 0 Å². The second-order valence-corrected chi connectivity index (χ2v) is 5.21. The molecule has 2 aliphatic rings. The van der Waals surface area contributed by atoms with Crippen molar-refractivity contribution in [2.75, 3.05) is 59.5 Å². The van der Waals surface area contributed by atoms with Crippen LogP contribution in [0.15, 0.2) is 0 Å². The molecule has 6 heteroatoms. The minimum Gasteiger partial charge on any atom is -0.466 e. The van der Waals surface area contributed by atoms with Crippen LogP contribution in [-0.4, -0.2) is 70.3 Å². The van der Waals surface area contributed by atoms with E-state index < -0.39 is 0 Å². The average Bonchev–Trinajstić information content (AvgIpc) is 2.95. The Morgan fingerprint density at radius 3 is 2.24 bits per heavy atom. The van der Waals surface area contributed by atoms with E-state index in [1.807, 2.05) is 0 Å². The molecule has 0 radical (unpaired) electrons. The highest BCUT2D eigenvalue weighted by Gasteiger charge is 2.00. The summed E-state index contributed by atoms with van der Waals surface area (Å²) in [5.41, 5.74) is 5.06. The van der Waals surface area contributed by atoms with E-state index >= 15 is 0 Å². The predicted octanol–water partition coefficient (Wildman–Crippen LogP) is 0.180. The van der Waals surface area contributed by atoms with Gasteiger partial charge >= 0.3 is 5.97 Å². The molecule has 0 unspecified atom stereocenters. The molecule has 4 N–H and O–H groups in total. The Morgan fingerprint density at radius 2 is 1.71 bits per heavy atom. The molecule has 21 heavy (non-hydrogen) atoms. The van der Waals surface area contributed by atoms with Crippen molar-refractivity contribution >= 4 is 5.97 Å². The molecule has 0 atom stereocenters. The average molecular weight is 302 g/mol. The van der Waals surface area contributed by atoms with E-state index in [0.29, 0.717) is 19.6 Å². The first kappa shape index (κ1) is 20.3. The molecule has 2 saturated heterocycles. The Bertz CT molecular complexity index is 212. The second kappa shape index (κ2) is 15.7. The number of hydrogen-bond acceptors (Lipinski definition) is 6. The summed E-state index contributed by atoms with van der Waals surface area (Å²) in [5.74, 6) is -0.213. The molecule has 2 heterocycles. The molecule has 0 aromatic rings. The topological polar surface area (TPSA) is 79.6 Å². The van der Waals surface area contributed by atoms with Gasteiger partial charge in [-0.1, -0.05) is 0 Å². The zero-order valence-corrected chi connectivity index (χ0v) is 13.8. The van der Waals surface area contributed by atoms with Gasteiger partial charge in [-0.25, -0.2) is 0 Å². The van der Waals surface area contributed by atoms with Gasteiger partial charge in [0.05, 0.1) is 13.0 Å². The Labute approximate surface area is 129 Å². The molecule has 126 valence electrons. The molecule has 0 amide bonds. The van der Waals surface area contributed by atoms with Crippen molar-refractivity contribution in [1.82, 2.24) is 15.5 Å². The fourth-order valence-corrected chi connectivity index (χ4v) is 1.96. The Kier molecular flexibility index (Phi) is 15.2. The number of carbonyl (C=O) groups excluding carboxylic acids is 1. The summed E-state index contributed by atoms with van der Waals surface area (Å²) >= 11 is 0. The number of carbonyl (C=O) groups is 1. The molecule has 0 aliphatic carbocycles. The fraction of sp³-hybridized carbons (Fsp3) is 0.933. The number of esters is 1. The number of nitrogens with one attached hydrogen (secondary N) is 2. The first-order valence-electron chi connectivity index (χ1n) is 8.16. The molecule has 2 aliphatic heterocycles. The summed E-state index contributed by atoms with van der Waals surface area (Å²) in [6.07, 6.45) is 4.41. The van der Waals surface area contributed by atoms with Crippen LogP contribution in [0.1, 0.15) is 32.6 Å². The van der Waals surface area contributed by atoms with Crippen LogP contribution in [0.4, 0.5) is 0 Å². The van der Waals surface area contributed by atoms with Crippen LogP contribution in [0.25, 0.3) is 0 Å². The van der Waals surface area contributed by atoms with Gasteiger partial charge in [0, 0.05) is 19.6 Å². The number of nitrogens with two attached hydrogens (primary N) is 1. The first-order chi connectivity index (χ1) is 10.2. The number of likely N-dealkylation sites (N-methyl/N-ethyl adjacent to an activating group) is 1. The third kappa shape index (κ3) is 15.5. The highest BCUT2D eigenvalue weighted by molar-refractivity contribution is 5.69. The lowest BCUT2D eigenvalue weighted by Gasteiger charge is -2.09. The van der Waals surface area contributed by atoms with Crippen LogP contribution in [0.5, 0.6) is 0 Å². The summed E-state index contributed by atoms with van der Waals surface area (Å²) in [5, 5.41) is 6.56. The van der Waals surface area contributed by atoms with E-state index in [0.717, 1.165) is 6.54 Å². The highest BCUT2D eigenvalue weighted by atomic mass is 16.5. The molecule has 0 spiro atoms.